The van der Waals surface area contributed by atoms with Gasteiger partial charge in [0.1, 0.15) is 11.9 Å². The first kappa shape index (κ1) is 5.47. The second-order valence-corrected chi connectivity index (χ2v) is 1.41. The average Bonchev–Trinajstić information content (AvgIpc) is 1.38. The summed E-state index contributed by atoms with van der Waals surface area (Å²) in [6.45, 7) is 0. The zero-order valence-corrected chi connectivity index (χ0v) is 4.40. The lowest BCUT2D eigenvalue weighted by Crippen LogP contribution is -1.72. The van der Waals surface area contributed by atoms with Crippen molar-refractivity contribution in [2.75, 3.05) is 0 Å². The van der Waals surface area contributed by atoms with Crippen molar-refractivity contribution in [1.82, 2.24) is 0 Å². The Balaban J connectivity index is 2.85. The van der Waals surface area contributed by atoms with Gasteiger partial charge in [0.15, 0.2) is 0 Å². The SMILES string of the molecule is S=C(Cl)OCl. The van der Waals surface area contributed by atoms with Gasteiger partial charge >= 0.3 is 0 Å². The topological polar surface area (TPSA) is 9.23 Å². The highest BCUT2D eigenvalue weighted by molar-refractivity contribution is 7.82. The Morgan fingerprint density at radius 1 is 1.80 bits per heavy atom. The van der Waals surface area contributed by atoms with Crippen LogP contribution < -0.4 is 0 Å². The van der Waals surface area contributed by atoms with E-state index in [9.17, 15) is 0 Å². The van der Waals surface area contributed by atoms with Crippen LogP contribution in [0.2, 0.25) is 0 Å². The van der Waals surface area contributed by atoms with Crippen molar-refractivity contribution < 1.29 is 4.29 Å². The van der Waals surface area contributed by atoms with Gasteiger partial charge in [-0.1, -0.05) is 0 Å². The van der Waals surface area contributed by atoms with Gasteiger partial charge in [-0.05, 0) is 23.8 Å². The van der Waals surface area contributed by atoms with Crippen LogP contribution in [0.5, 0.6) is 0 Å². The second kappa shape index (κ2) is 2.69. The lowest BCUT2D eigenvalue weighted by atomic mass is 11.7. The van der Waals surface area contributed by atoms with Gasteiger partial charge in [0.2, 0.25) is 0 Å². The van der Waals surface area contributed by atoms with Gasteiger partial charge in [-0.15, -0.1) is 0 Å². The summed E-state index contributed by atoms with van der Waals surface area (Å²) in [5.74, 6) is 0. The molecular weight excluding hydrogens is 131 g/mol. The number of hydrogen-bond donors (Lipinski definition) is 0. The maximum atomic E-state index is 4.84. The molecule has 0 aliphatic carbocycles. The predicted molar refractivity (Wildman–Crippen MR) is 25.4 cm³/mol. The molecule has 0 aromatic carbocycles. The molecule has 5 heavy (non-hydrogen) atoms. The van der Waals surface area contributed by atoms with Crippen molar-refractivity contribution in [3.63, 3.8) is 0 Å². The van der Waals surface area contributed by atoms with Crippen molar-refractivity contribution in [1.29, 1.82) is 0 Å². The molecule has 1 nitrogen and oxygen atoms in total. The Hall–Kier alpha value is 0.470. The first-order valence-corrected chi connectivity index (χ1v) is 1.85. The predicted octanol–water partition coefficient (Wildman–Crippen LogP) is 1.68. The average molecular weight is 131 g/mol. The van der Waals surface area contributed by atoms with E-state index in [1.54, 1.807) is 0 Å². The summed E-state index contributed by atoms with van der Waals surface area (Å²) >= 11 is 13.5. The molecule has 4 heteroatoms. The van der Waals surface area contributed by atoms with Crippen molar-refractivity contribution in [2.24, 2.45) is 0 Å². The summed E-state index contributed by atoms with van der Waals surface area (Å²) in [5.41, 5.74) is 0. The molecule has 0 bridgehead atoms. The molecule has 0 aliphatic heterocycles. The molecule has 30 valence electrons. The van der Waals surface area contributed by atoms with Crippen molar-refractivity contribution in [2.45, 2.75) is 0 Å². The fourth-order valence-electron chi connectivity index (χ4n) is 0. The number of rotatable bonds is 0. The zero-order chi connectivity index (χ0) is 4.28. The quantitative estimate of drug-likeness (QED) is 0.365. The minimum Gasteiger partial charge on any atom is -0.360 e. The minimum absolute atomic E-state index is 0.174. The van der Waals surface area contributed by atoms with Crippen LogP contribution in [-0.4, -0.2) is 4.51 Å². The van der Waals surface area contributed by atoms with Crippen LogP contribution in [0.4, 0.5) is 0 Å². The smallest absolute Gasteiger partial charge is 0.277 e. The molecule has 0 heterocycles. The molecule has 0 saturated heterocycles. The third-order valence-electron chi connectivity index (χ3n) is 0.0607. The van der Waals surface area contributed by atoms with Crippen LogP contribution in [0.3, 0.4) is 0 Å². The normalized spacial score (nSPS) is 6.80. The van der Waals surface area contributed by atoms with Crippen molar-refractivity contribution in [3.8, 4) is 0 Å². The molecule has 0 aromatic heterocycles. The summed E-state index contributed by atoms with van der Waals surface area (Å²) in [4.78, 5) is 0. The molecule has 0 N–H and O–H groups in total. The van der Waals surface area contributed by atoms with E-state index < -0.39 is 0 Å². The highest BCUT2D eigenvalue weighted by atomic mass is 35.5. The highest BCUT2D eigenvalue weighted by Crippen LogP contribution is 1.88. The van der Waals surface area contributed by atoms with E-state index >= 15 is 0 Å². The first-order chi connectivity index (χ1) is 2.27. The Kier molecular flexibility index (Phi) is 2.95. The van der Waals surface area contributed by atoms with Gasteiger partial charge in [-0.25, -0.2) is 0 Å². The monoisotopic (exact) mass is 130 g/mol. The van der Waals surface area contributed by atoms with Crippen molar-refractivity contribution >= 4 is 40.2 Å². The molecule has 0 aliphatic rings. The molecule has 0 rings (SSSR count). The van der Waals surface area contributed by atoms with E-state index in [0.29, 0.717) is 0 Å². The van der Waals surface area contributed by atoms with E-state index in [0.717, 1.165) is 0 Å². The maximum absolute atomic E-state index is 4.84. The van der Waals surface area contributed by atoms with E-state index in [4.69, 9.17) is 11.6 Å². The molecule has 0 aromatic rings. The lowest BCUT2D eigenvalue weighted by molar-refractivity contribution is 0.649. The summed E-state index contributed by atoms with van der Waals surface area (Å²) < 4.78 is 3.54. The third-order valence-corrected chi connectivity index (χ3v) is 0.546. The molecule has 0 saturated carbocycles. The standard InChI is InChI=1S/CCl2OS/c2-1(5)4-3. The number of halogens is 2. The minimum atomic E-state index is -0.174. The van der Waals surface area contributed by atoms with Crippen LogP contribution in [-0.2, 0) is 4.29 Å². The van der Waals surface area contributed by atoms with E-state index in [1.165, 1.54) is 0 Å². The highest BCUT2D eigenvalue weighted by Gasteiger charge is 1.77. The lowest BCUT2D eigenvalue weighted by Gasteiger charge is -1.75. The summed E-state index contributed by atoms with van der Waals surface area (Å²) in [6.07, 6.45) is 0. The molecule has 0 radical (unpaired) electrons. The largest absolute Gasteiger partial charge is 0.360 e. The van der Waals surface area contributed by atoms with E-state index in [-0.39, 0.29) is 4.51 Å². The fourth-order valence-corrected chi connectivity index (χ4v) is 0. The summed E-state index contributed by atoms with van der Waals surface area (Å²) in [6, 6.07) is 0. The molecule has 0 amide bonds. The molecule has 0 unspecified atom stereocenters. The van der Waals surface area contributed by atoms with Gasteiger partial charge in [-0.2, -0.15) is 0 Å². The molecule has 0 atom stereocenters. The van der Waals surface area contributed by atoms with Gasteiger partial charge in [0.05, 0.1) is 0 Å². The van der Waals surface area contributed by atoms with E-state index in [2.05, 4.69) is 28.4 Å². The second-order valence-electron chi connectivity index (χ2n) is 0.315. The number of thiocarbonyl (C=S) groups is 1. The van der Waals surface area contributed by atoms with Gasteiger partial charge < -0.3 is 4.29 Å². The van der Waals surface area contributed by atoms with E-state index in [1.807, 2.05) is 0 Å². The van der Waals surface area contributed by atoms with Crippen LogP contribution in [0.15, 0.2) is 0 Å². The number of hydrogen-bond acceptors (Lipinski definition) is 2. The van der Waals surface area contributed by atoms with Gasteiger partial charge in [0.25, 0.3) is 4.51 Å². The molecule has 0 fully saturated rings. The fraction of sp³-hybridized carbons (Fsp3) is 0. The Labute approximate surface area is 45.0 Å². The third kappa shape index (κ3) is 4.47. The Morgan fingerprint density at radius 2 is 2.00 bits per heavy atom. The Bertz CT molecular complexity index is 44.9. The van der Waals surface area contributed by atoms with Gasteiger partial charge in [-0.3, -0.25) is 0 Å². The van der Waals surface area contributed by atoms with Gasteiger partial charge in [0, 0.05) is 0 Å². The van der Waals surface area contributed by atoms with Crippen LogP contribution in [0, 0.1) is 0 Å². The summed E-state index contributed by atoms with van der Waals surface area (Å²) in [7, 11) is 0. The Morgan fingerprint density at radius 3 is 2.00 bits per heavy atom. The van der Waals surface area contributed by atoms with Crippen LogP contribution in [0.1, 0.15) is 0 Å². The van der Waals surface area contributed by atoms with Crippen LogP contribution in [0.25, 0.3) is 0 Å². The first-order valence-electron chi connectivity index (χ1n) is 0.752. The molecule has 0 spiro atoms. The molecular formula is CCl2OS. The zero-order valence-electron chi connectivity index (χ0n) is 2.07. The van der Waals surface area contributed by atoms with Crippen LogP contribution >= 0.6 is 35.7 Å². The maximum Gasteiger partial charge on any atom is 0.277 e. The summed E-state index contributed by atoms with van der Waals surface area (Å²) in [5, 5.41) is 0. The van der Waals surface area contributed by atoms with Crippen molar-refractivity contribution in [3.05, 3.63) is 0 Å².